The van der Waals surface area contributed by atoms with E-state index in [4.69, 9.17) is 13.1 Å². The van der Waals surface area contributed by atoms with Crippen LogP contribution in [0.4, 0.5) is 11.4 Å². The quantitative estimate of drug-likeness (QED) is 0.163. The van der Waals surface area contributed by atoms with E-state index in [0.29, 0.717) is 11.4 Å². The summed E-state index contributed by atoms with van der Waals surface area (Å²) in [7, 11) is 0. The second-order valence-corrected chi connectivity index (χ2v) is 13.9. The number of hydrogen-bond acceptors (Lipinski definition) is 0. The Morgan fingerprint density at radius 3 is 1.53 bits per heavy atom. The van der Waals surface area contributed by atoms with Gasteiger partial charge in [0.05, 0.1) is 63.3 Å². The molecule has 0 saturated carbocycles. The fourth-order valence-electron chi connectivity index (χ4n) is 8.80. The van der Waals surface area contributed by atoms with Crippen molar-refractivity contribution < 1.29 is 0 Å². The van der Waals surface area contributed by atoms with Crippen LogP contribution < -0.4 is 0 Å². The monoisotopic (exact) mass is 699 g/mol. The van der Waals surface area contributed by atoms with Crippen LogP contribution in [0.25, 0.3) is 103 Å². The van der Waals surface area contributed by atoms with Gasteiger partial charge in [0.1, 0.15) is 0 Å². The fraction of sp³-hybridized carbons (Fsp3) is 0. The Morgan fingerprint density at radius 1 is 0.345 bits per heavy atom. The molecule has 0 saturated heterocycles. The predicted octanol–water partition coefficient (Wildman–Crippen LogP) is 13.7. The first-order chi connectivity index (χ1) is 27.2. The fourth-order valence-corrected chi connectivity index (χ4v) is 8.80. The third-order valence-corrected chi connectivity index (χ3v) is 11.1. The summed E-state index contributed by atoms with van der Waals surface area (Å²) in [5.74, 6) is 0. The van der Waals surface area contributed by atoms with Crippen molar-refractivity contribution >= 4 is 76.8 Å². The van der Waals surface area contributed by atoms with E-state index in [0.717, 1.165) is 61.0 Å². The zero-order chi connectivity index (χ0) is 36.6. The number of nitrogens with zero attached hydrogens (tertiary/aromatic N) is 5. The Balaban J connectivity index is 1.18. The lowest BCUT2D eigenvalue weighted by atomic mass is 10.0. The lowest BCUT2D eigenvalue weighted by Gasteiger charge is -2.17. The van der Waals surface area contributed by atoms with Crippen LogP contribution >= 0.6 is 0 Å². The van der Waals surface area contributed by atoms with Gasteiger partial charge in [0.2, 0.25) is 5.69 Å². The van der Waals surface area contributed by atoms with Gasteiger partial charge < -0.3 is 13.7 Å². The van der Waals surface area contributed by atoms with Gasteiger partial charge in [-0.2, -0.15) is 0 Å². The average molecular weight is 700 g/mol. The van der Waals surface area contributed by atoms with Gasteiger partial charge in [-0.25, -0.2) is 9.69 Å². The molecule has 0 aliphatic heterocycles. The Hall–Kier alpha value is -7.86. The SMILES string of the molecule is [C-]#[N+]c1ccc2c(c1)c1ccccc1n2-c1cc(-c2ccccc2-n2c3ccccc3c3c(-n4c5ccccc5c5ccccc54)cccc32)ccc1[N+]#[C-]. The number of fused-ring (bicyclic) bond motifs is 9. The predicted molar refractivity (Wildman–Crippen MR) is 227 cm³/mol. The van der Waals surface area contributed by atoms with E-state index in [2.05, 4.69) is 163 Å². The highest BCUT2D eigenvalue weighted by Crippen LogP contribution is 2.43. The van der Waals surface area contributed by atoms with Crippen molar-refractivity contribution in [2.75, 3.05) is 0 Å². The molecule has 8 aromatic carbocycles. The van der Waals surface area contributed by atoms with E-state index in [1.54, 1.807) is 0 Å². The van der Waals surface area contributed by atoms with Gasteiger partial charge in [-0.15, -0.1) is 0 Å². The van der Waals surface area contributed by atoms with Crippen molar-refractivity contribution in [2.24, 2.45) is 0 Å². The summed E-state index contributed by atoms with van der Waals surface area (Å²) >= 11 is 0. The van der Waals surface area contributed by atoms with E-state index in [1.807, 2.05) is 36.4 Å². The molecule has 55 heavy (non-hydrogen) atoms. The van der Waals surface area contributed by atoms with Crippen molar-refractivity contribution in [3.05, 3.63) is 199 Å². The highest BCUT2D eigenvalue weighted by Gasteiger charge is 2.22. The Bertz CT molecular complexity index is 3420. The molecule has 11 aromatic rings. The lowest BCUT2D eigenvalue weighted by Crippen LogP contribution is -1.99. The second-order valence-electron chi connectivity index (χ2n) is 13.9. The molecule has 0 unspecified atom stereocenters. The molecule has 254 valence electrons. The summed E-state index contributed by atoms with van der Waals surface area (Å²) in [5, 5.41) is 6.88. The minimum absolute atomic E-state index is 0.561. The summed E-state index contributed by atoms with van der Waals surface area (Å²) in [5.41, 5.74) is 12.8. The maximum absolute atomic E-state index is 8.22. The minimum Gasteiger partial charge on any atom is -0.319 e. The molecule has 0 spiro atoms. The van der Waals surface area contributed by atoms with Gasteiger partial charge in [0, 0.05) is 32.5 Å². The van der Waals surface area contributed by atoms with Crippen LogP contribution in [0.15, 0.2) is 176 Å². The van der Waals surface area contributed by atoms with Crippen LogP contribution in [-0.2, 0) is 0 Å². The van der Waals surface area contributed by atoms with E-state index in [1.165, 1.54) is 32.6 Å². The Kier molecular flexibility index (Phi) is 6.61. The third kappa shape index (κ3) is 4.39. The van der Waals surface area contributed by atoms with E-state index in [9.17, 15) is 0 Å². The minimum atomic E-state index is 0.561. The van der Waals surface area contributed by atoms with Crippen molar-refractivity contribution in [3.63, 3.8) is 0 Å². The normalized spacial score (nSPS) is 11.6. The zero-order valence-corrected chi connectivity index (χ0v) is 29.5. The topological polar surface area (TPSA) is 23.5 Å². The van der Waals surface area contributed by atoms with Gasteiger partial charge in [-0.1, -0.05) is 115 Å². The molecule has 0 N–H and O–H groups in total. The number of para-hydroxylation sites is 5. The van der Waals surface area contributed by atoms with Crippen LogP contribution in [0.5, 0.6) is 0 Å². The van der Waals surface area contributed by atoms with E-state index < -0.39 is 0 Å². The van der Waals surface area contributed by atoms with Crippen LogP contribution in [0.2, 0.25) is 0 Å². The van der Waals surface area contributed by atoms with Gasteiger partial charge >= 0.3 is 0 Å². The van der Waals surface area contributed by atoms with Crippen molar-refractivity contribution in [2.45, 2.75) is 0 Å². The molecule has 0 amide bonds. The molecule has 0 aliphatic rings. The first-order valence-corrected chi connectivity index (χ1v) is 18.3. The van der Waals surface area contributed by atoms with Crippen molar-refractivity contribution in [1.82, 2.24) is 13.7 Å². The average Bonchev–Trinajstić information content (AvgIpc) is 3.89. The summed E-state index contributed by atoms with van der Waals surface area (Å²) < 4.78 is 6.99. The molecule has 3 heterocycles. The third-order valence-electron chi connectivity index (χ3n) is 11.1. The van der Waals surface area contributed by atoms with Crippen LogP contribution in [0, 0.1) is 13.1 Å². The number of aromatic nitrogens is 3. The largest absolute Gasteiger partial charge is 0.319 e. The van der Waals surface area contributed by atoms with E-state index in [-0.39, 0.29) is 0 Å². The molecular weight excluding hydrogens is 671 g/mol. The molecule has 5 heteroatoms. The highest BCUT2D eigenvalue weighted by molar-refractivity contribution is 6.17. The second kappa shape index (κ2) is 11.8. The Morgan fingerprint density at radius 2 is 0.855 bits per heavy atom. The highest BCUT2D eigenvalue weighted by atomic mass is 15.0. The number of hydrogen-bond donors (Lipinski definition) is 0. The number of rotatable bonds is 4. The van der Waals surface area contributed by atoms with Gasteiger partial charge in [-0.3, -0.25) is 0 Å². The standard InChI is InChI=1S/C50H29N5/c1-51-33-27-29-46-39(31-33)37-17-6-11-22-44(37)55(46)49-30-32(26-28-40(49)52-2)34-14-3-8-19-41(34)53-45-23-12-7-18-38(45)50-47(53)24-13-25-48(50)54-42-20-9-4-15-35(42)36-16-5-10-21-43(36)54/h3-31H. The summed E-state index contributed by atoms with van der Waals surface area (Å²) in [6.45, 7) is 15.9. The van der Waals surface area contributed by atoms with Gasteiger partial charge in [-0.05, 0) is 71.6 Å². The van der Waals surface area contributed by atoms with E-state index >= 15 is 0 Å². The smallest absolute Gasteiger partial charge is 0.210 e. The van der Waals surface area contributed by atoms with Crippen molar-refractivity contribution in [1.29, 1.82) is 0 Å². The molecule has 0 bridgehead atoms. The molecule has 11 rings (SSSR count). The van der Waals surface area contributed by atoms with Gasteiger partial charge in [0.15, 0.2) is 5.69 Å². The molecule has 0 fully saturated rings. The Labute approximate surface area is 316 Å². The summed E-state index contributed by atoms with van der Waals surface area (Å²) in [6.07, 6.45) is 0. The summed E-state index contributed by atoms with van der Waals surface area (Å²) in [4.78, 5) is 7.72. The van der Waals surface area contributed by atoms with Crippen LogP contribution in [0.1, 0.15) is 0 Å². The number of benzene rings is 8. The maximum atomic E-state index is 8.22. The van der Waals surface area contributed by atoms with Crippen molar-refractivity contribution in [3.8, 4) is 28.2 Å². The molecule has 0 aliphatic carbocycles. The van der Waals surface area contributed by atoms with Gasteiger partial charge in [0.25, 0.3) is 0 Å². The molecule has 0 radical (unpaired) electrons. The van der Waals surface area contributed by atoms with Crippen LogP contribution in [0.3, 0.4) is 0 Å². The molecular formula is C50H29N5. The first-order valence-electron chi connectivity index (χ1n) is 18.3. The lowest BCUT2D eigenvalue weighted by molar-refractivity contribution is 1.17. The molecule has 0 atom stereocenters. The maximum Gasteiger partial charge on any atom is 0.210 e. The molecule has 3 aromatic heterocycles. The molecule has 5 nitrogen and oxygen atoms in total. The van der Waals surface area contributed by atoms with Crippen LogP contribution in [-0.4, -0.2) is 13.7 Å². The first kappa shape index (κ1) is 30.7. The zero-order valence-electron chi connectivity index (χ0n) is 29.5. The summed E-state index contributed by atoms with van der Waals surface area (Å²) in [6, 6.07) is 61.4.